The van der Waals surface area contributed by atoms with Gasteiger partial charge in [-0.2, -0.15) is 0 Å². The van der Waals surface area contributed by atoms with Crippen LogP contribution in [0.4, 0.5) is 0 Å². The summed E-state index contributed by atoms with van der Waals surface area (Å²) in [4.78, 5) is 9.11. The first kappa shape index (κ1) is 17.8. The number of aromatic nitrogens is 2. The minimum atomic E-state index is -0.424. The van der Waals surface area contributed by atoms with Gasteiger partial charge in [0.15, 0.2) is 0 Å². The van der Waals surface area contributed by atoms with Crippen molar-refractivity contribution < 1.29 is 14.6 Å². The first-order valence-electron chi connectivity index (χ1n) is 8.99. The largest absolute Gasteiger partial charge is 0.389 e. The van der Waals surface area contributed by atoms with E-state index in [-0.39, 0.29) is 6.10 Å². The van der Waals surface area contributed by atoms with Gasteiger partial charge in [0, 0.05) is 58.8 Å². The third-order valence-corrected chi connectivity index (χ3v) is 4.86. The second-order valence-corrected chi connectivity index (χ2v) is 6.86. The normalized spacial score (nSPS) is 24.5. The van der Waals surface area contributed by atoms with Crippen molar-refractivity contribution in [3.63, 3.8) is 0 Å². The van der Waals surface area contributed by atoms with Crippen molar-refractivity contribution in [2.75, 3.05) is 52.5 Å². The Kier molecular flexibility index (Phi) is 6.62. The Morgan fingerprint density at radius 3 is 2.79 bits per heavy atom. The van der Waals surface area contributed by atoms with E-state index in [9.17, 15) is 5.11 Å². The summed E-state index contributed by atoms with van der Waals surface area (Å²) in [5.41, 5.74) is 0. The first-order valence-corrected chi connectivity index (χ1v) is 8.99. The maximum absolute atomic E-state index is 10.2. The van der Waals surface area contributed by atoms with E-state index in [0.29, 0.717) is 19.8 Å². The second-order valence-electron chi connectivity index (χ2n) is 6.86. The molecule has 2 atom stereocenters. The maximum Gasteiger partial charge on any atom is 0.122 e. The summed E-state index contributed by atoms with van der Waals surface area (Å²) >= 11 is 0. The fourth-order valence-electron chi connectivity index (χ4n) is 3.34. The third kappa shape index (κ3) is 5.26. The van der Waals surface area contributed by atoms with Crippen LogP contribution in [0.3, 0.4) is 0 Å². The summed E-state index contributed by atoms with van der Waals surface area (Å²) in [6.07, 6.45) is 5.84. The smallest absolute Gasteiger partial charge is 0.122 e. The number of hydrogen-bond acceptors (Lipinski definition) is 6. The van der Waals surface area contributed by atoms with Crippen molar-refractivity contribution in [2.24, 2.45) is 7.05 Å². The average molecular weight is 338 g/mol. The molecule has 136 valence electrons. The van der Waals surface area contributed by atoms with Gasteiger partial charge in [0.05, 0.1) is 32.0 Å². The van der Waals surface area contributed by atoms with E-state index in [1.54, 1.807) is 0 Å². The molecule has 1 N–H and O–H groups in total. The van der Waals surface area contributed by atoms with Crippen molar-refractivity contribution in [3.8, 4) is 0 Å². The van der Waals surface area contributed by atoms with Crippen LogP contribution >= 0.6 is 0 Å². The molecule has 0 aromatic carbocycles. The van der Waals surface area contributed by atoms with Crippen LogP contribution in [0.25, 0.3) is 0 Å². The highest BCUT2D eigenvalue weighted by molar-refractivity contribution is 4.91. The highest BCUT2D eigenvalue weighted by atomic mass is 16.5. The van der Waals surface area contributed by atoms with Gasteiger partial charge in [-0.05, 0) is 12.8 Å². The second kappa shape index (κ2) is 8.92. The van der Waals surface area contributed by atoms with E-state index in [0.717, 1.165) is 58.0 Å². The molecule has 7 heteroatoms. The minimum Gasteiger partial charge on any atom is -0.389 e. The van der Waals surface area contributed by atoms with Crippen molar-refractivity contribution in [1.82, 2.24) is 19.4 Å². The molecule has 0 aliphatic carbocycles. The van der Waals surface area contributed by atoms with Crippen LogP contribution in [0.2, 0.25) is 0 Å². The number of rotatable bonds is 8. The van der Waals surface area contributed by atoms with Crippen LogP contribution in [0.5, 0.6) is 0 Å². The molecule has 3 rings (SSSR count). The van der Waals surface area contributed by atoms with E-state index >= 15 is 0 Å². The van der Waals surface area contributed by atoms with E-state index in [2.05, 4.69) is 19.4 Å². The molecule has 0 saturated carbocycles. The summed E-state index contributed by atoms with van der Waals surface area (Å²) in [6.45, 7) is 7.40. The van der Waals surface area contributed by atoms with Crippen molar-refractivity contribution >= 4 is 0 Å². The van der Waals surface area contributed by atoms with Crippen LogP contribution in [-0.2, 0) is 23.1 Å². The number of aliphatic hydroxyl groups is 1. The summed E-state index contributed by atoms with van der Waals surface area (Å²) in [6, 6.07) is 0. The van der Waals surface area contributed by atoms with Gasteiger partial charge >= 0.3 is 0 Å². The summed E-state index contributed by atoms with van der Waals surface area (Å²) in [7, 11) is 2.03. The molecule has 24 heavy (non-hydrogen) atoms. The average Bonchev–Trinajstić information content (AvgIpc) is 3.22. The molecule has 2 aliphatic rings. The quantitative estimate of drug-likeness (QED) is 0.725. The lowest BCUT2D eigenvalue weighted by Crippen LogP contribution is -2.48. The van der Waals surface area contributed by atoms with Crippen LogP contribution < -0.4 is 0 Å². The zero-order chi connectivity index (χ0) is 16.8. The molecule has 7 nitrogen and oxygen atoms in total. The van der Waals surface area contributed by atoms with Crippen molar-refractivity contribution in [3.05, 3.63) is 18.2 Å². The van der Waals surface area contributed by atoms with Gasteiger partial charge < -0.3 is 19.1 Å². The Hall–Kier alpha value is -0.990. The van der Waals surface area contributed by atoms with E-state index in [1.165, 1.54) is 0 Å². The molecule has 0 unspecified atom stereocenters. The summed E-state index contributed by atoms with van der Waals surface area (Å²) < 4.78 is 13.2. The lowest BCUT2D eigenvalue weighted by molar-refractivity contribution is -0.0288. The van der Waals surface area contributed by atoms with Gasteiger partial charge in [0.25, 0.3) is 0 Å². The van der Waals surface area contributed by atoms with E-state index in [1.807, 2.05) is 19.4 Å². The Morgan fingerprint density at radius 2 is 2.12 bits per heavy atom. The molecule has 0 spiro atoms. The van der Waals surface area contributed by atoms with Gasteiger partial charge in [-0.15, -0.1) is 0 Å². The SMILES string of the molecule is Cn1ccnc1CN1CCN(C[C@@H](O)COC[C@H]2CCCO2)CC1. The van der Waals surface area contributed by atoms with E-state index < -0.39 is 6.10 Å². The van der Waals surface area contributed by atoms with Gasteiger partial charge in [-0.25, -0.2) is 4.98 Å². The molecular weight excluding hydrogens is 308 g/mol. The summed E-state index contributed by atoms with van der Waals surface area (Å²) in [5, 5.41) is 10.2. The van der Waals surface area contributed by atoms with Crippen LogP contribution in [0.1, 0.15) is 18.7 Å². The van der Waals surface area contributed by atoms with Crippen LogP contribution in [0, 0.1) is 0 Å². The van der Waals surface area contributed by atoms with Gasteiger partial charge in [0.2, 0.25) is 0 Å². The minimum absolute atomic E-state index is 0.229. The third-order valence-electron chi connectivity index (χ3n) is 4.86. The predicted molar refractivity (Wildman–Crippen MR) is 90.7 cm³/mol. The molecule has 0 bridgehead atoms. The lowest BCUT2D eigenvalue weighted by atomic mass is 10.2. The van der Waals surface area contributed by atoms with E-state index in [4.69, 9.17) is 9.47 Å². The number of nitrogens with zero attached hydrogens (tertiary/aromatic N) is 4. The molecular formula is C17H30N4O3. The van der Waals surface area contributed by atoms with Gasteiger partial charge in [0.1, 0.15) is 5.82 Å². The highest BCUT2D eigenvalue weighted by Gasteiger charge is 2.21. The number of ether oxygens (including phenoxy) is 2. The topological polar surface area (TPSA) is 63.0 Å². The number of β-amino-alcohol motifs (C(OH)–C–C–N with tert-alkyl or cyclic N) is 1. The van der Waals surface area contributed by atoms with Crippen LogP contribution in [-0.4, -0.2) is 89.2 Å². The fraction of sp³-hybridized carbons (Fsp3) is 0.824. The number of imidazole rings is 1. The van der Waals surface area contributed by atoms with Crippen molar-refractivity contribution in [1.29, 1.82) is 0 Å². The molecule has 2 saturated heterocycles. The summed E-state index contributed by atoms with van der Waals surface area (Å²) in [5.74, 6) is 1.10. The number of aliphatic hydroxyl groups excluding tert-OH is 1. The Morgan fingerprint density at radius 1 is 1.33 bits per heavy atom. The monoisotopic (exact) mass is 338 g/mol. The molecule has 0 radical (unpaired) electrons. The lowest BCUT2D eigenvalue weighted by Gasteiger charge is -2.35. The van der Waals surface area contributed by atoms with Gasteiger partial charge in [-0.3, -0.25) is 9.80 Å². The number of piperazine rings is 1. The molecule has 1 aromatic heterocycles. The Balaban J connectivity index is 1.29. The Bertz CT molecular complexity index is 482. The zero-order valence-electron chi connectivity index (χ0n) is 14.6. The Labute approximate surface area is 144 Å². The highest BCUT2D eigenvalue weighted by Crippen LogP contribution is 2.12. The molecule has 3 heterocycles. The molecule has 2 fully saturated rings. The maximum atomic E-state index is 10.2. The van der Waals surface area contributed by atoms with Crippen molar-refractivity contribution in [2.45, 2.75) is 31.6 Å². The first-order chi connectivity index (χ1) is 11.7. The fourth-order valence-corrected chi connectivity index (χ4v) is 3.34. The number of hydrogen-bond donors (Lipinski definition) is 1. The molecule has 1 aromatic rings. The predicted octanol–water partition coefficient (Wildman–Crippen LogP) is 0.0942. The van der Waals surface area contributed by atoms with Crippen LogP contribution in [0.15, 0.2) is 12.4 Å². The molecule has 2 aliphatic heterocycles. The number of aryl methyl sites for hydroxylation is 1. The molecule has 0 amide bonds. The standard InChI is InChI=1S/C17H30N4O3/c1-19-5-4-18-17(19)12-21-8-6-20(7-9-21)11-15(22)13-23-14-16-3-2-10-24-16/h4-5,15-16,22H,2-3,6-14H2,1H3/t15-,16-/m1/s1. The zero-order valence-corrected chi connectivity index (χ0v) is 14.6. The van der Waals surface area contributed by atoms with Gasteiger partial charge in [-0.1, -0.05) is 0 Å².